The lowest BCUT2D eigenvalue weighted by molar-refractivity contribution is -0.127. The van der Waals surface area contributed by atoms with Crippen molar-refractivity contribution < 1.29 is 19.1 Å². The van der Waals surface area contributed by atoms with Crippen molar-refractivity contribution in [3.63, 3.8) is 0 Å². The van der Waals surface area contributed by atoms with Gasteiger partial charge in [0.25, 0.3) is 0 Å². The molecule has 26 heavy (non-hydrogen) atoms. The number of hydrogen-bond donors (Lipinski definition) is 2. The number of hydrogen-bond acceptors (Lipinski definition) is 4. The molecule has 0 radical (unpaired) electrons. The van der Waals surface area contributed by atoms with Crippen LogP contribution in [-0.4, -0.2) is 54.6 Å². The molecule has 0 aromatic rings. The summed E-state index contributed by atoms with van der Waals surface area (Å²) in [5.74, 6) is 0.185. The fourth-order valence-corrected chi connectivity index (χ4v) is 2.55. The van der Waals surface area contributed by atoms with Crippen LogP contribution in [0.15, 0.2) is 11.6 Å². The Morgan fingerprint density at radius 2 is 1.77 bits per heavy atom. The Balaban J connectivity index is 2.24. The molecule has 0 saturated carbocycles. The van der Waals surface area contributed by atoms with E-state index in [9.17, 15) is 14.4 Å². The molecule has 0 bridgehead atoms. The molecule has 0 aromatic carbocycles. The van der Waals surface area contributed by atoms with Crippen molar-refractivity contribution >= 4 is 17.9 Å². The molecule has 3 amide bonds. The number of amides is 3. The second kappa shape index (κ2) is 10.2. The quantitative estimate of drug-likeness (QED) is 0.705. The molecule has 1 saturated heterocycles. The molecule has 1 heterocycles. The normalized spacial score (nSPS) is 16.2. The fourth-order valence-electron chi connectivity index (χ4n) is 2.55. The van der Waals surface area contributed by atoms with Gasteiger partial charge in [0.05, 0.1) is 6.54 Å². The molecule has 0 aromatic heterocycles. The van der Waals surface area contributed by atoms with Crippen molar-refractivity contribution in [1.82, 2.24) is 15.5 Å². The Bertz CT molecular complexity index is 529. The number of nitrogens with zero attached hydrogens (tertiary/aromatic N) is 1. The second-order valence-electron chi connectivity index (χ2n) is 7.77. The maximum Gasteiger partial charge on any atom is 0.408 e. The summed E-state index contributed by atoms with van der Waals surface area (Å²) >= 11 is 0. The Morgan fingerprint density at radius 3 is 2.31 bits per heavy atom. The van der Waals surface area contributed by atoms with Crippen LogP contribution >= 0.6 is 0 Å². The zero-order chi connectivity index (χ0) is 19.7. The molecule has 1 fully saturated rings. The van der Waals surface area contributed by atoms with Crippen molar-refractivity contribution in [3.8, 4) is 0 Å². The van der Waals surface area contributed by atoms with Gasteiger partial charge in [-0.25, -0.2) is 4.79 Å². The van der Waals surface area contributed by atoms with E-state index in [1.165, 1.54) is 0 Å². The van der Waals surface area contributed by atoms with E-state index in [1.807, 2.05) is 18.7 Å². The van der Waals surface area contributed by atoms with Gasteiger partial charge in [0.15, 0.2) is 0 Å². The van der Waals surface area contributed by atoms with Gasteiger partial charge in [0, 0.05) is 25.7 Å². The van der Waals surface area contributed by atoms with Gasteiger partial charge in [0.1, 0.15) is 5.60 Å². The largest absolute Gasteiger partial charge is 0.444 e. The average molecular weight is 367 g/mol. The van der Waals surface area contributed by atoms with Gasteiger partial charge in [-0.2, -0.15) is 0 Å². The number of allylic oxidation sites excluding steroid dienone is 1. The molecule has 7 heteroatoms. The van der Waals surface area contributed by atoms with Crippen LogP contribution in [0.4, 0.5) is 4.79 Å². The predicted octanol–water partition coefficient (Wildman–Crippen LogP) is 2.22. The molecular weight excluding hydrogens is 334 g/mol. The van der Waals surface area contributed by atoms with E-state index in [4.69, 9.17) is 4.74 Å². The van der Waals surface area contributed by atoms with Crippen LogP contribution in [-0.2, 0) is 14.3 Å². The monoisotopic (exact) mass is 367 g/mol. The smallest absolute Gasteiger partial charge is 0.408 e. The Labute approximate surface area is 156 Å². The van der Waals surface area contributed by atoms with E-state index in [0.717, 1.165) is 24.8 Å². The first-order valence-electron chi connectivity index (χ1n) is 9.30. The topological polar surface area (TPSA) is 87.7 Å². The third-order valence-electron chi connectivity index (χ3n) is 4.23. The molecule has 148 valence electrons. The van der Waals surface area contributed by atoms with Gasteiger partial charge in [-0.15, -0.1) is 0 Å². The van der Waals surface area contributed by atoms with Crippen LogP contribution in [0, 0.1) is 5.92 Å². The molecule has 7 nitrogen and oxygen atoms in total. The maximum absolute atomic E-state index is 12.1. The highest BCUT2D eigenvalue weighted by Gasteiger charge is 2.22. The van der Waals surface area contributed by atoms with Crippen LogP contribution in [0.2, 0.25) is 0 Å². The van der Waals surface area contributed by atoms with E-state index >= 15 is 0 Å². The zero-order valence-electron chi connectivity index (χ0n) is 16.7. The molecule has 0 spiro atoms. The second-order valence-corrected chi connectivity index (χ2v) is 7.77. The van der Waals surface area contributed by atoms with Gasteiger partial charge in [-0.05, 0) is 52.9 Å². The molecule has 1 aliphatic rings. The molecule has 1 rings (SSSR count). The molecular formula is C19H33N3O4. The summed E-state index contributed by atoms with van der Waals surface area (Å²) in [7, 11) is 0. The van der Waals surface area contributed by atoms with Crippen molar-refractivity contribution in [1.29, 1.82) is 0 Å². The number of carbonyl (C=O) groups is 3. The molecule has 0 atom stereocenters. The van der Waals surface area contributed by atoms with E-state index in [0.29, 0.717) is 25.6 Å². The summed E-state index contributed by atoms with van der Waals surface area (Å²) in [6.45, 7) is 11.2. The average Bonchev–Trinajstić information content (AvgIpc) is 2.56. The summed E-state index contributed by atoms with van der Waals surface area (Å²) in [6.07, 6.45) is 3.72. The lowest BCUT2D eigenvalue weighted by Gasteiger charge is -2.31. The van der Waals surface area contributed by atoms with Gasteiger partial charge in [0.2, 0.25) is 11.8 Å². The van der Waals surface area contributed by atoms with E-state index in [2.05, 4.69) is 10.6 Å². The van der Waals surface area contributed by atoms with Crippen LogP contribution in [0.5, 0.6) is 0 Å². The summed E-state index contributed by atoms with van der Waals surface area (Å²) in [4.78, 5) is 37.3. The third-order valence-corrected chi connectivity index (χ3v) is 4.23. The first kappa shape index (κ1) is 22.0. The maximum atomic E-state index is 12.1. The standard InChI is InChI=1S/C19H33N3O4/c1-6-14(2)11-17(24)22-9-7-15(8-10-22)12-20-16(23)13-21-18(25)26-19(3,4)5/h11,15H,6-10,12-13H2,1-5H3,(H,20,23)(H,21,25)/b14-11+. The summed E-state index contributed by atoms with van der Waals surface area (Å²) in [5, 5.41) is 5.27. The number of likely N-dealkylation sites (tertiary alicyclic amines) is 1. The number of rotatable bonds is 6. The van der Waals surface area contributed by atoms with E-state index < -0.39 is 11.7 Å². The SMILES string of the molecule is CC/C(C)=C/C(=O)N1CCC(CNC(=O)CNC(=O)OC(C)(C)C)CC1. The Morgan fingerprint density at radius 1 is 1.15 bits per heavy atom. The van der Waals surface area contributed by atoms with Crippen LogP contribution in [0.25, 0.3) is 0 Å². The van der Waals surface area contributed by atoms with Gasteiger partial charge in [-0.1, -0.05) is 12.5 Å². The number of carbonyl (C=O) groups excluding carboxylic acids is 3. The number of alkyl carbamates (subject to hydrolysis) is 1. The minimum atomic E-state index is -0.602. The van der Waals surface area contributed by atoms with Crippen LogP contribution in [0.3, 0.4) is 0 Å². The zero-order valence-corrected chi connectivity index (χ0v) is 16.7. The van der Waals surface area contributed by atoms with Crippen molar-refractivity contribution in [2.24, 2.45) is 5.92 Å². The van der Waals surface area contributed by atoms with Crippen molar-refractivity contribution in [2.75, 3.05) is 26.2 Å². The molecule has 2 N–H and O–H groups in total. The number of piperidine rings is 1. The first-order chi connectivity index (χ1) is 12.1. The number of nitrogens with one attached hydrogen (secondary N) is 2. The summed E-state index contributed by atoms with van der Waals surface area (Å²) in [6, 6.07) is 0. The van der Waals surface area contributed by atoms with Gasteiger partial charge < -0.3 is 20.3 Å². The van der Waals surface area contributed by atoms with Crippen molar-refractivity contribution in [2.45, 2.75) is 59.5 Å². The molecule has 1 aliphatic heterocycles. The summed E-state index contributed by atoms with van der Waals surface area (Å²) < 4.78 is 5.08. The highest BCUT2D eigenvalue weighted by atomic mass is 16.6. The van der Waals surface area contributed by atoms with Gasteiger partial charge >= 0.3 is 6.09 Å². The first-order valence-corrected chi connectivity index (χ1v) is 9.30. The minimum Gasteiger partial charge on any atom is -0.444 e. The van der Waals surface area contributed by atoms with Crippen LogP contribution in [0.1, 0.15) is 53.9 Å². The highest BCUT2D eigenvalue weighted by molar-refractivity contribution is 5.88. The molecule has 0 unspecified atom stereocenters. The van der Waals surface area contributed by atoms with Gasteiger partial charge in [-0.3, -0.25) is 9.59 Å². The highest BCUT2D eigenvalue weighted by Crippen LogP contribution is 2.17. The van der Waals surface area contributed by atoms with E-state index in [-0.39, 0.29) is 18.4 Å². The number of ether oxygens (including phenoxy) is 1. The Kier molecular flexibility index (Phi) is 8.61. The minimum absolute atomic E-state index is 0.0772. The molecule has 0 aliphatic carbocycles. The van der Waals surface area contributed by atoms with E-state index in [1.54, 1.807) is 26.8 Å². The third kappa shape index (κ3) is 8.87. The fraction of sp³-hybridized carbons (Fsp3) is 0.737. The lowest BCUT2D eigenvalue weighted by atomic mass is 9.96. The van der Waals surface area contributed by atoms with Crippen molar-refractivity contribution in [3.05, 3.63) is 11.6 Å². The summed E-state index contributed by atoms with van der Waals surface area (Å²) in [5.41, 5.74) is 0.499. The predicted molar refractivity (Wildman–Crippen MR) is 101 cm³/mol. The Hall–Kier alpha value is -2.05. The van der Waals surface area contributed by atoms with Crippen LogP contribution < -0.4 is 10.6 Å². The lowest BCUT2D eigenvalue weighted by Crippen LogP contribution is -2.43.